The molecule has 116 valence electrons. The van der Waals surface area contributed by atoms with Crippen molar-refractivity contribution in [2.75, 3.05) is 0 Å². The number of hydrogen-bond acceptors (Lipinski definition) is 2. The first-order valence-electron chi connectivity index (χ1n) is 5.93. The van der Waals surface area contributed by atoms with Crippen molar-refractivity contribution in [1.29, 1.82) is 0 Å². The molecule has 0 atom stereocenters. The average Bonchev–Trinajstić information content (AvgIpc) is 2.45. The van der Waals surface area contributed by atoms with Gasteiger partial charge in [-0.2, -0.15) is 13.2 Å². The van der Waals surface area contributed by atoms with E-state index in [1.54, 1.807) is 0 Å². The Bertz CT molecular complexity index is 692. The number of benzene rings is 2. The van der Waals surface area contributed by atoms with E-state index in [1.807, 2.05) is 0 Å². The molecule has 0 amide bonds. The lowest BCUT2D eigenvalue weighted by Crippen LogP contribution is -2.22. The molecule has 2 aromatic rings. The van der Waals surface area contributed by atoms with Crippen LogP contribution in [-0.4, -0.2) is 11.0 Å². The van der Waals surface area contributed by atoms with Gasteiger partial charge in [-0.05, 0) is 30.3 Å². The van der Waals surface area contributed by atoms with E-state index >= 15 is 0 Å². The average molecular weight is 316 g/mol. The molecule has 22 heavy (non-hydrogen) atoms. The van der Waals surface area contributed by atoms with E-state index in [0.717, 1.165) is 30.3 Å². The molecule has 8 heteroatoms. The molecule has 2 aromatic carbocycles. The summed E-state index contributed by atoms with van der Waals surface area (Å²) in [5, 5.41) is 8.98. The quantitative estimate of drug-likeness (QED) is 0.380. The van der Waals surface area contributed by atoms with E-state index < -0.39 is 34.8 Å². The molecule has 0 heterocycles. The van der Waals surface area contributed by atoms with Crippen LogP contribution in [0.15, 0.2) is 47.5 Å². The third-order valence-corrected chi connectivity index (χ3v) is 2.72. The van der Waals surface area contributed by atoms with Crippen LogP contribution >= 0.6 is 0 Å². The predicted molar refractivity (Wildman–Crippen MR) is 68.9 cm³/mol. The number of amidine groups is 1. The SMILES string of the molecule is ONC(=Nc1cccc(C(F)(F)F)c1)c1c(F)cccc1F. The van der Waals surface area contributed by atoms with Gasteiger partial charge in [0.1, 0.15) is 11.6 Å². The van der Waals surface area contributed by atoms with E-state index in [9.17, 15) is 22.0 Å². The van der Waals surface area contributed by atoms with Crippen LogP contribution in [0.1, 0.15) is 11.1 Å². The standard InChI is InChI=1S/C14H9F5N2O/c15-10-5-2-6-11(16)12(10)13(21-22)20-9-4-1-3-8(7-9)14(17,18)19/h1-7,22H,(H,20,21). The molecule has 0 aliphatic rings. The van der Waals surface area contributed by atoms with Gasteiger partial charge in [0.15, 0.2) is 5.84 Å². The second-order valence-electron chi connectivity index (χ2n) is 4.22. The molecule has 0 saturated carbocycles. The molecular weight excluding hydrogens is 307 g/mol. The molecule has 3 nitrogen and oxygen atoms in total. The minimum Gasteiger partial charge on any atom is -0.290 e. The number of alkyl halides is 3. The van der Waals surface area contributed by atoms with Gasteiger partial charge in [0, 0.05) is 0 Å². The van der Waals surface area contributed by atoms with Crippen molar-refractivity contribution in [2.45, 2.75) is 6.18 Å². The smallest absolute Gasteiger partial charge is 0.290 e. The van der Waals surface area contributed by atoms with E-state index in [1.165, 1.54) is 11.5 Å². The van der Waals surface area contributed by atoms with Gasteiger partial charge >= 0.3 is 6.18 Å². The van der Waals surface area contributed by atoms with Crippen molar-refractivity contribution in [1.82, 2.24) is 5.48 Å². The molecule has 0 bridgehead atoms. The molecule has 0 radical (unpaired) electrons. The normalized spacial score (nSPS) is 12.4. The first-order valence-corrected chi connectivity index (χ1v) is 5.93. The Balaban J connectivity index is 2.50. The van der Waals surface area contributed by atoms with Gasteiger partial charge in [0.2, 0.25) is 0 Å². The fourth-order valence-corrected chi connectivity index (χ4v) is 1.74. The van der Waals surface area contributed by atoms with Gasteiger partial charge in [0.05, 0.1) is 16.8 Å². The topological polar surface area (TPSA) is 44.6 Å². The van der Waals surface area contributed by atoms with Crippen molar-refractivity contribution >= 4 is 11.5 Å². The van der Waals surface area contributed by atoms with Gasteiger partial charge in [-0.15, -0.1) is 0 Å². The number of rotatable bonds is 2. The summed E-state index contributed by atoms with van der Waals surface area (Å²) >= 11 is 0. The number of nitrogens with zero attached hydrogens (tertiary/aromatic N) is 1. The lowest BCUT2D eigenvalue weighted by atomic mass is 10.1. The number of halogens is 5. The van der Waals surface area contributed by atoms with E-state index in [0.29, 0.717) is 6.07 Å². The molecule has 0 aliphatic heterocycles. The van der Waals surface area contributed by atoms with E-state index in [4.69, 9.17) is 5.21 Å². The first-order chi connectivity index (χ1) is 10.3. The maximum Gasteiger partial charge on any atom is 0.416 e. The van der Waals surface area contributed by atoms with Crippen LogP contribution in [0.3, 0.4) is 0 Å². The maximum atomic E-state index is 13.6. The summed E-state index contributed by atoms with van der Waals surface area (Å²) in [4.78, 5) is 3.62. The molecule has 0 spiro atoms. The third-order valence-electron chi connectivity index (χ3n) is 2.72. The fourth-order valence-electron chi connectivity index (χ4n) is 1.74. The molecule has 0 saturated heterocycles. The highest BCUT2D eigenvalue weighted by Gasteiger charge is 2.30. The number of aliphatic imine (C=N–C) groups is 1. The van der Waals surface area contributed by atoms with Crippen LogP contribution in [0.2, 0.25) is 0 Å². The number of hydrogen-bond donors (Lipinski definition) is 2. The molecular formula is C14H9F5N2O. The Morgan fingerprint density at radius 2 is 1.59 bits per heavy atom. The van der Waals surface area contributed by atoms with E-state index in [2.05, 4.69) is 4.99 Å². The van der Waals surface area contributed by atoms with E-state index in [-0.39, 0.29) is 5.69 Å². The van der Waals surface area contributed by atoms with Crippen molar-refractivity contribution in [3.63, 3.8) is 0 Å². The first kappa shape index (κ1) is 15.9. The summed E-state index contributed by atoms with van der Waals surface area (Å²) in [6.07, 6.45) is -4.58. The lowest BCUT2D eigenvalue weighted by Gasteiger charge is -2.09. The van der Waals surface area contributed by atoms with Gasteiger partial charge in [-0.1, -0.05) is 12.1 Å². The van der Waals surface area contributed by atoms with Crippen LogP contribution in [-0.2, 0) is 6.18 Å². The van der Waals surface area contributed by atoms with Gasteiger partial charge in [0.25, 0.3) is 0 Å². The lowest BCUT2D eigenvalue weighted by molar-refractivity contribution is -0.137. The second kappa shape index (κ2) is 6.10. The second-order valence-corrected chi connectivity index (χ2v) is 4.22. The zero-order valence-corrected chi connectivity index (χ0v) is 10.8. The molecule has 2 rings (SSSR count). The summed E-state index contributed by atoms with van der Waals surface area (Å²) < 4.78 is 65.0. The summed E-state index contributed by atoms with van der Waals surface area (Å²) in [5.74, 6) is -2.69. The molecule has 0 unspecified atom stereocenters. The molecule has 0 aromatic heterocycles. The van der Waals surface area contributed by atoms with Crippen LogP contribution < -0.4 is 5.48 Å². The van der Waals surface area contributed by atoms with Gasteiger partial charge < -0.3 is 0 Å². The Kier molecular flexibility index (Phi) is 4.41. The van der Waals surface area contributed by atoms with Crippen molar-refractivity contribution in [2.24, 2.45) is 4.99 Å². The third kappa shape index (κ3) is 3.40. The summed E-state index contributed by atoms with van der Waals surface area (Å²) in [6.45, 7) is 0. The van der Waals surface area contributed by atoms with Crippen molar-refractivity contribution < 1.29 is 27.2 Å². The summed E-state index contributed by atoms with van der Waals surface area (Å²) in [6, 6.07) is 6.77. The molecule has 0 fully saturated rings. The molecule has 0 aliphatic carbocycles. The van der Waals surface area contributed by atoms with Gasteiger partial charge in [-0.3, -0.25) is 10.7 Å². The maximum absolute atomic E-state index is 13.6. The number of nitrogens with one attached hydrogen (secondary N) is 1. The van der Waals surface area contributed by atoms with Crippen LogP contribution in [0, 0.1) is 11.6 Å². The van der Waals surface area contributed by atoms with Crippen LogP contribution in [0.25, 0.3) is 0 Å². The Morgan fingerprint density at radius 3 is 2.14 bits per heavy atom. The predicted octanol–water partition coefficient (Wildman–Crippen LogP) is 4.04. The van der Waals surface area contributed by atoms with Crippen molar-refractivity contribution in [3.05, 3.63) is 65.2 Å². The zero-order valence-electron chi connectivity index (χ0n) is 10.8. The monoisotopic (exact) mass is 316 g/mol. The zero-order chi connectivity index (χ0) is 16.3. The van der Waals surface area contributed by atoms with Gasteiger partial charge in [-0.25, -0.2) is 13.8 Å². The largest absolute Gasteiger partial charge is 0.416 e. The van der Waals surface area contributed by atoms with Crippen molar-refractivity contribution in [3.8, 4) is 0 Å². The Hall–Kier alpha value is -2.48. The van der Waals surface area contributed by atoms with Crippen LogP contribution in [0.5, 0.6) is 0 Å². The fraction of sp³-hybridized carbons (Fsp3) is 0.0714. The van der Waals surface area contributed by atoms with Crippen LogP contribution in [0.4, 0.5) is 27.6 Å². The minimum atomic E-state index is -4.58. The Labute approximate surface area is 121 Å². The Morgan fingerprint density at radius 1 is 1.00 bits per heavy atom. The highest BCUT2D eigenvalue weighted by atomic mass is 19.4. The minimum absolute atomic E-state index is 0.228. The highest BCUT2D eigenvalue weighted by Crippen LogP contribution is 2.31. The highest BCUT2D eigenvalue weighted by molar-refractivity contribution is 6.00. The summed E-state index contributed by atoms with van der Waals surface area (Å²) in [5.41, 5.74) is -0.383. The summed E-state index contributed by atoms with van der Waals surface area (Å²) in [7, 11) is 0. The number of hydroxylamine groups is 1. The molecule has 2 N–H and O–H groups in total.